The molecule has 3 heterocycles. The van der Waals surface area contributed by atoms with Crippen LogP contribution < -0.4 is 9.64 Å². The normalized spacial score (nSPS) is 13.8. The van der Waals surface area contributed by atoms with Crippen molar-refractivity contribution >= 4 is 29.0 Å². The smallest absolute Gasteiger partial charge is 0.264 e. The number of hydrogen-bond donors (Lipinski definition) is 0. The molecular weight excluding hydrogens is 474 g/mol. The Kier molecular flexibility index (Phi) is 8.89. The Labute approximate surface area is 216 Å². The van der Waals surface area contributed by atoms with Crippen molar-refractivity contribution in [2.24, 2.45) is 0 Å². The summed E-state index contributed by atoms with van der Waals surface area (Å²) < 4.78 is 5.22. The van der Waals surface area contributed by atoms with Gasteiger partial charge < -0.3 is 19.4 Å². The molecule has 0 atom stereocenters. The molecule has 0 saturated carbocycles. The number of methoxy groups -OCH3 is 1. The number of nitrogens with zero attached hydrogens (tertiary/aromatic N) is 5. The van der Waals surface area contributed by atoms with Crippen molar-refractivity contribution in [3.05, 3.63) is 58.8 Å². The van der Waals surface area contributed by atoms with Crippen LogP contribution in [0.2, 0.25) is 0 Å². The van der Waals surface area contributed by atoms with E-state index in [-0.39, 0.29) is 18.4 Å². The molecule has 0 N–H and O–H groups in total. The van der Waals surface area contributed by atoms with Gasteiger partial charge in [-0.05, 0) is 60.7 Å². The maximum absolute atomic E-state index is 13.2. The predicted molar refractivity (Wildman–Crippen MR) is 143 cm³/mol. The number of hydrogen-bond acceptors (Lipinski definition) is 7. The third-order valence-electron chi connectivity index (χ3n) is 6.34. The molecule has 2 aromatic heterocycles. The van der Waals surface area contributed by atoms with Crippen LogP contribution in [-0.4, -0.2) is 78.2 Å². The van der Waals surface area contributed by atoms with Crippen LogP contribution in [-0.2, 0) is 4.79 Å². The number of carbonyl (C=O) groups excluding carboxylic acids is 2. The monoisotopic (exact) mass is 507 g/mol. The lowest BCUT2D eigenvalue weighted by molar-refractivity contribution is -0.131. The van der Waals surface area contributed by atoms with Crippen LogP contribution in [0.15, 0.2) is 53.9 Å². The second-order valence-electron chi connectivity index (χ2n) is 8.78. The summed E-state index contributed by atoms with van der Waals surface area (Å²) in [5.74, 6) is 1.55. The highest BCUT2D eigenvalue weighted by Crippen LogP contribution is 2.22. The van der Waals surface area contributed by atoms with Gasteiger partial charge in [-0.15, -0.1) is 21.5 Å². The molecule has 0 radical (unpaired) electrons. The van der Waals surface area contributed by atoms with Gasteiger partial charge in [-0.25, -0.2) is 0 Å². The zero-order valence-electron chi connectivity index (χ0n) is 20.9. The first kappa shape index (κ1) is 25.6. The summed E-state index contributed by atoms with van der Waals surface area (Å²) >= 11 is 1.42. The van der Waals surface area contributed by atoms with Gasteiger partial charge in [-0.2, -0.15) is 0 Å². The molecule has 0 aliphatic carbocycles. The highest BCUT2D eigenvalue weighted by Gasteiger charge is 2.25. The molecule has 0 bridgehead atoms. The summed E-state index contributed by atoms with van der Waals surface area (Å²) in [6, 6.07) is 15.4. The molecular formula is C27H33N5O3S. The largest absolute Gasteiger partial charge is 0.497 e. The Morgan fingerprint density at radius 3 is 2.53 bits per heavy atom. The summed E-state index contributed by atoms with van der Waals surface area (Å²) in [4.78, 5) is 32.5. The van der Waals surface area contributed by atoms with Gasteiger partial charge in [0.05, 0.1) is 17.7 Å². The fraction of sp³-hybridized carbons (Fsp3) is 0.407. The first-order chi connectivity index (χ1) is 17.6. The number of anilines is 1. The lowest BCUT2D eigenvalue weighted by Crippen LogP contribution is -2.44. The molecule has 2 amide bonds. The van der Waals surface area contributed by atoms with Crippen molar-refractivity contribution in [1.29, 1.82) is 0 Å². The highest BCUT2D eigenvalue weighted by atomic mass is 32.1. The number of aromatic nitrogens is 2. The van der Waals surface area contributed by atoms with Gasteiger partial charge >= 0.3 is 0 Å². The van der Waals surface area contributed by atoms with Crippen molar-refractivity contribution in [2.45, 2.75) is 26.2 Å². The van der Waals surface area contributed by atoms with Gasteiger partial charge in [0, 0.05) is 38.3 Å². The summed E-state index contributed by atoms with van der Waals surface area (Å²) in [7, 11) is 1.65. The van der Waals surface area contributed by atoms with E-state index < -0.39 is 0 Å². The predicted octanol–water partition coefficient (Wildman–Crippen LogP) is 4.19. The third-order valence-corrected chi connectivity index (χ3v) is 7.19. The summed E-state index contributed by atoms with van der Waals surface area (Å²) in [6.45, 7) is 5.54. The Morgan fingerprint density at radius 1 is 1.03 bits per heavy atom. The van der Waals surface area contributed by atoms with Gasteiger partial charge in [-0.3, -0.25) is 9.59 Å². The Hall–Kier alpha value is -3.46. The number of carbonyl (C=O) groups is 2. The van der Waals surface area contributed by atoms with E-state index in [1.54, 1.807) is 12.0 Å². The first-order valence-electron chi connectivity index (χ1n) is 12.4. The summed E-state index contributed by atoms with van der Waals surface area (Å²) in [5.41, 5.74) is 1.78. The van der Waals surface area contributed by atoms with Crippen LogP contribution in [0.25, 0.3) is 11.3 Å². The first-order valence-corrected chi connectivity index (χ1v) is 13.3. The maximum Gasteiger partial charge on any atom is 0.264 e. The molecule has 8 nitrogen and oxygen atoms in total. The van der Waals surface area contributed by atoms with Crippen LogP contribution in [0.1, 0.15) is 35.9 Å². The molecule has 190 valence electrons. The van der Waals surface area contributed by atoms with Gasteiger partial charge in [-0.1, -0.05) is 19.4 Å². The zero-order chi connectivity index (χ0) is 25.3. The van der Waals surface area contributed by atoms with E-state index in [9.17, 15) is 9.59 Å². The Bertz CT molecular complexity index is 1120. The molecule has 1 saturated heterocycles. The lowest BCUT2D eigenvalue weighted by atomic mass is 10.1. The van der Waals surface area contributed by atoms with Gasteiger partial charge in [0.25, 0.3) is 5.91 Å². The van der Waals surface area contributed by atoms with Gasteiger partial charge in [0.2, 0.25) is 5.91 Å². The van der Waals surface area contributed by atoms with E-state index >= 15 is 0 Å². The fourth-order valence-corrected chi connectivity index (χ4v) is 4.92. The molecule has 0 unspecified atom stereocenters. The molecule has 1 aromatic carbocycles. The molecule has 3 aromatic rings. The molecule has 9 heteroatoms. The topological polar surface area (TPSA) is 78.9 Å². The Balaban J connectivity index is 1.35. The van der Waals surface area contributed by atoms with E-state index in [1.807, 2.05) is 58.8 Å². The van der Waals surface area contributed by atoms with Crippen LogP contribution in [0, 0.1) is 0 Å². The molecule has 1 aliphatic rings. The van der Waals surface area contributed by atoms with Crippen molar-refractivity contribution in [3.63, 3.8) is 0 Å². The molecule has 36 heavy (non-hydrogen) atoms. The summed E-state index contributed by atoms with van der Waals surface area (Å²) in [5, 5.41) is 10.8. The minimum absolute atomic E-state index is 0.00111. The van der Waals surface area contributed by atoms with E-state index in [0.717, 1.165) is 48.6 Å². The van der Waals surface area contributed by atoms with E-state index in [0.29, 0.717) is 31.1 Å². The third kappa shape index (κ3) is 6.40. The molecule has 1 aliphatic heterocycles. The average molecular weight is 508 g/mol. The van der Waals surface area contributed by atoms with Crippen LogP contribution in [0.5, 0.6) is 5.75 Å². The number of thiophene rings is 1. The standard InChI is InChI=1S/C27H33N5O3S/c1-3-4-14-32(27(34)24-7-5-19-36-24)20-26(33)31-16-6-15-30(17-18-31)25-13-12-23(28-29-25)21-8-10-22(35-2)11-9-21/h5,7-13,19H,3-4,6,14-18,20H2,1-2H3. The second kappa shape index (κ2) is 12.5. The van der Waals surface area contributed by atoms with Crippen LogP contribution >= 0.6 is 11.3 Å². The second-order valence-corrected chi connectivity index (χ2v) is 9.73. The number of amides is 2. The zero-order valence-corrected chi connectivity index (χ0v) is 21.7. The maximum atomic E-state index is 13.2. The fourth-order valence-electron chi connectivity index (χ4n) is 4.23. The van der Waals surface area contributed by atoms with E-state index in [4.69, 9.17) is 4.74 Å². The van der Waals surface area contributed by atoms with E-state index in [1.165, 1.54) is 11.3 Å². The van der Waals surface area contributed by atoms with Gasteiger partial charge in [0.15, 0.2) is 5.82 Å². The van der Waals surface area contributed by atoms with Crippen molar-refractivity contribution in [3.8, 4) is 17.0 Å². The molecule has 4 rings (SSSR count). The van der Waals surface area contributed by atoms with Crippen molar-refractivity contribution < 1.29 is 14.3 Å². The number of benzene rings is 1. The minimum atomic E-state index is -0.0597. The van der Waals surface area contributed by atoms with Crippen LogP contribution in [0.3, 0.4) is 0 Å². The van der Waals surface area contributed by atoms with Crippen molar-refractivity contribution in [1.82, 2.24) is 20.0 Å². The molecule has 0 spiro atoms. The molecule has 1 fully saturated rings. The van der Waals surface area contributed by atoms with Gasteiger partial charge in [0.1, 0.15) is 12.3 Å². The average Bonchev–Trinajstić information content (AvgIpc) is 3.35. The highest BCUT2D eigenvalue weighted by molar-refractivity contribution is 7.12. The number of rotatable bonds is 9. The SMILES string of the molecule is CCCCN(CC(=O)N1CCCN(c2ccc(-c3ccc(OC)cc3)nn2)CC1)C(=O)c1cccs1. The minimum Gasteiger partial charge on any atom is -0.497 e. The number of unbranched alkanes of at least 4 members (excludes halogenated alkanes) is 1. The lowest BCUT2D eigenvalue weighted by Gasteiger charge is -2.27. The number of ether oxygens (including phenoxy) is 1. The summed E-state index contributed by atoms with van der Waals surface area (Å²) in [6.07, 6.45) is 2.68. The van der Waals surface area contributed by atoms with Crippen molar-refractivity contribution in [2.75, 3.05) is 51.3 Å². The van der Waals surface area contributed by atoms with E-state index in [2.05, 4.69) is 22.0 Å². The van der Waals surface area contributed by atoms with Crippen LogP contribution in [0.4, 0.5) is 5.82 Å². The Morgan fingerprint density at radius 2 is 1.86 bits per heavy atom. The quantitative estimate of drug-likeness (QED) is 0.432.